The van der Waals surface area contributed by atoms with Gasteiger partial charge >= 0.3 is 11.8 Å². The minimum Gasteiger partial charge on any atom is -0.444 e. The van der Waals surface area contributed by atoms with Crippen LogP contribution in [-0.4, -0.2) is 38.1 Å². The van der Waals surface area contributed by atoms with Gasteiger partial charge in [0.2, 0.25) is 5.91 Å². The van der Waals surface area contributed by atoms with E-state index in [1.807, 2.05) is 10.6 Å². The fourth-order valence-corrected chi connectivity index (χ4v) is 4.83. The number of aryl methyl sites for hydroxylation is 2. The highest BCUT2D eigenvalue weighted by atomic mass is 79.9. The van der Waals surface area contributed by atoms with E-state index in [0.29, 0.717) is 39.9 Å². The van der Waals surface area contributed by atoms with Gasteiger partial charge in [-0.1, -0.05) is 12.1 Å². The molecular formula is C25H27BrFN5O5. The second-order valence-corrected chi connectivity index (χ2v) is 10.8. The number of nitrogens with one attached hydrogen (secondary N) is 2. The van der Waals surface area contributed by atoms with E-state index in [1.165, 1.54) is 18.2 Å². The van der Waals surface area contributed by atoms with Crippen LogP contribution in [-0.2, 0) is 22.5 Å². The van der Waals surface area contributed by atoms with Gasteiger partial charge in [0.05, 0.1) is 16.5 Å². The highest BCUT2D eigenvalue weighted by Crippen LogP contribution is 2.39. The van der Waals surface area contributed by atoms with Gasteiger partial charge in [-0.2, -0.15) is 0 Å². The number of carbonyl (C=O) groups excluding carboxylic acids is 2. The largest absolute Gasteiger partial charge is 0.444 e. The summed E-state index contributed by atoms with van der Waals surface area (Å²) in [5, 5.41) is 17.2. The summed E-state index contributed by atoms with van der Waals surface area (Å²) in [4.78, 5) is 41.6. The van der Waals surface area contributed by atoms with Crippen LogP contribution < -0.4 is 10.6 Å². The smallest absolute Gasteiger partial charge is 0.408 e. The number of benzene rings is 2. The van der Waals surface area contributed by atoms with Crippen molar-refractivity contribution in [3.63, 3.8) is 0 Å². The van der Waals surface area contributed by atoms with Gasteiger partial charge in [0.1, 0.15) is 27.8 Å². The zero-order chi connectivity index (χ0) is 27.1. The molecule has 3 aromatic rings. The highest BCUT2D eigenvalue weighted by Gasteiger charge is 2.34. The van der Waals surface area contributed by atoms with Crippen molar-refractivity contribution in [2.45, 2.75) is 64.8 Å². The lowest BCUT2D eigenvalue weighted by atomic mass is 10.0. The minimum absolute atomic E-state index is 0.0313. The monoisotopic (exact) mass is 575 g/mol. The van der Waals surface area contributed by atoms with Crippen molar-refractivity contribution >= 4 is 44.7 Å². The first-order valence-electron chi connectivity index (χ1n) is 11.7. The molecule has 0 bridgehead atoms. The Morgan fingerprint density at radius 3 is 2.73 bits per heavy atom. The van der Waals surface area contributed by atoms with E-state index < -0.39 is 40.4 Å². The number of amides is 2. The maximum atomic E-state index is 13.8. The molecule has 12 heteroatoms. The van der Waals surface area contributed by atoms with Crippen molar-refractivity contribution in [3.8, 4) is 0 Å². The Bertz CT molecular complexity index is 1400. The third-order valence-corrected chi connectivity index (χ3v) is 6.96. The number of fused-ring (bicyclic) bond motifs is 3. The number of imidazole rings is 1. The Hall–Kier alpha value is -3.54. The van der Waals surface area contributed by atoms with Crippen molar-refractivity contribution in [3.05, 3.63) is 67.7 Å². The molecule has 2 N–H and O–H groups in total. The van der Waals surface area contributed by atoms with Crippen LogP contribution in [0.4, 0.5) is 14.9 Å². The number of nitro groups is 1. The van der Waals surface area contributed by atoms with Gasteiger partial charge in [0, 0.05) is 13.0 Å². The lowest BCUT2D eigenvalue weighted by Crippen LogP contribution is -2.50. The standard InChI is InChI=1S/C25H27BrFN5O5/c1-13-10-18-20(21(19(13)26)32(35)36)30-22-16(8-9-31(18)22)28-23(33)17(29-24(34)37-25(2,3)4)12-14-6-5-7-15(27)11-14/h5-7,10-11,16-17H,8-9,12H2,1-4H3,(H,28,33)(H,29,34)/t16-,17-/m0/s1. The SMILES string of the molecule is Cc1cc2c(nc3n2CC[C@@H]3NC(=O)[C@H](Cc2cccc(F)c2)NC(=O)OC(C)(C)C)c([N+](=O)[O-])c1Br. The van der Waals surface area contributed by atoms with Crippen molar-refractivity contribution in [2.24, 2.45) is 0 Å². The zero-order valence-corrected chi connectivity index (χ0v) is 22.4. The summed E-state index contributed by atoms with van der Waals surface area (Å²) in [6.07, 6.45) is -0.228. The predicted molar refractivity (Wildman–Crippen MR) is 138 cm³/mol. The van der Waals surface area contributed by atoms with Crippen LogP contribution in [0.3, 0.4) is 0 Å². The molecule has 0 saturated carbocycles. The Morgan fingerprint density at radius 2 is 2.08 bits per heavy atom. The number of rotatable bonds is 6. The molecule has 0 fully saturated rings. The molecule has 1 aliphatic rings. The fourth-order valence-electron chi connectivity index (χ4n) is 4.39. The average Bonchev–Trinajstić information content (AvgIpc) is 3.32. The van der Waals surface area contributed by atoms with Crippen LogP contribution in [0.15, 0.2) is 34.8 Å². The lowest BCUT2D eigenvalue weighted by Gasteiger charge is -2.24. The van der Waals surface area contributed by atoms with Gasteiger partial charge in [0.25, 0.3) is 0 Å². The van der Waals surface area contributed by atoms with Gasteiger partial charge in [-0.15, -0.1) is 0 Å². The second kappa shape index (κ2) is 10.1. The van der Waals surface area contributed by atoms with Crippen LogP contribution in [0.5, 0.6) is 0 Å². The van der Waals surface area contributed by atoms with Gasteiger partial charge in [-0.05, 0) is 79.4 Å². The number of halogens is 2. The van der Waals surface area contributed by atoms with Crippen molar-refractivity contribution in [2.75, 3.05) is 0 Å². The summed E-state index contributed by atoms with van der Waals surface area (Å²) in [5.41, 5.74) is 1.16. The molecule has 2 heterocycles. The second-order valence-electron chi connectivity index (χ2n) is 9.99. The van der Waals surface area contributed by atoms with Gasteiger partial charge in [-0.3, -0.25) is 14.9 Å². The van der Waals surface area contributed by atoms with E-state index in [1.54, 1.807) is 33.8 Å². The summed E-state index contributed by atoms with van der Waals surface area (Å²) in [6, 6.07) is 6.01. The molecular weight excluding hydrogens is 549 g/mol. The van der Waals surface area contributed by atoms with E-state index in [0.717, 1.165) is 0 Å². The van der Waals surface area contributed by atoms with E-state index >= 15 is 0 Å². The molecule has 196 valence electrons. The predicted octanol–water partition coefficient (Wildman–Crippen LogP) is 4.85. The quantitative estimate of drug-likeness (QED) is 0.319. The van der Waals surface area contributed by atoms with Crippen LogP contribution in [0.25, 0.3) is 11.0 Å². The number of aromatic nitrogens is 2. The molecule has 10 nitrogen and oxygen atoms in total. The number of ether oxygens (including phenoxy) is 1. The third kappa shape index (κ3) is 5.74. The number of carbonyl (C=O) groups is 2. The maximum absolute atomic E-state index is 13.8. The van der Waals surface area contributed by atoms with Crippen LogP contribution in [0.2, 0.25) is 0 Å². The van der Waals surface area contributed by atoms with E-state index in [4.69, 9.17) is 4.74 Å². The van der Waals surface area contributed by atoms with E-state index in [9.17, 15) is 24.1 Å². The molecule has 1 aromatic heterocycles. The van der Waals surface area contributed by atoms with Crippen molar-refractivity contribution < 1.29 is 23.6 Å². The van der Waals surface area contributed by atoms with Crippen molar-refractivity contribution in [1.29, 1.82) is 0 Å². The summed E-state index contributed by atoms with van der Waals surface area (Å²) >= 11 is 3.29. The van der Waals surface area contributed by atoms with Gasteiger partial charge < -0.3 is 19.9 Å². The zero-order valence-electron chi connectivity index (χ0n) is 20.8. The first kappa shape index (κ1) is 26.5. The fraction of sp³-hybridized carbons (Fsp3) is 0.400. The Kier molecular flexibility index (Phi) is 7.22. The summed E-state index contributed by atoms with van der Waals surface area (Å²) in [7, 11) is 0. The third-order valence-electron chi connectivity index (χ3n) is 5.96. The summed E-state index contributed by atoms with van der Waals surface area (Å²) in [5.74, 6) is -0.473. The summed E-state index contributed by atoms with van der Waals surface area (Å²) < 4.78 is 21.3. The highest BCUT2D eigenvalue weighted by molar-refractivity contribution is 9.10. The first-order valence-corrected chi connectivity index (χ1v) is 12.5. The normalized spacial score (nSPS) is 15.8. The Balaban J connectivity index is 1.61. The van der Waals surface area contributed by atoms with Crippen LogP contribution >= 0.6 is 15.9 Å². The molecule has 0 unspecified atom stereocenters. The average molecular weight is 576 g/mol. The molecule has 2 aromatic carbocycles. The number of alkyl carbamates (subject to hydrolysis) is 1. The Labute approximate surface area is 220 Å². The first-order chi connectivity index (χ1) is 17.3. The molecule has 4 rings (SSSR count). The van der Waals surface area contributed by atoms with Crippen molar-refractivity contribution in [1.82, 2.24) is 20.2 Å². The number of nitrogens with zero attached hydrogens (tertiary/aromatic N) is 3. The number of hydrogen-bond donors (Lipinski definition) is 2. The minimum atomic E-state index is -1.05. The molecule has 1 aliphatic heterocycles. The topological polar surface area (TPSA) is 128 Å². The number of nitro benzene ring substituents is 1. The molecule has 0 saturated heterocycles. The lowest BCUT2D eigenvalue weighted by molar-refractivity contribution is -0.384. The van der Waals surface area contributed by atoms with Gasteiger partial charge in [-0.25, -0.2) is 14.2 Å². The Morgan fingerprint density at radius 1 is 1.35 bits per heavy atom. The van der Waals surface area contributed by atoms with E-state index in [-0.39, 0.29) is 17.6 Å². The molecule has 2 atom stereocenters. The van der Waals surface area contributed by atoms with Crippen LogP contribution in [0, 0.1) is 22.9 Å². The van der Waals surface area contributed by atoms with Crippen LogP contribution in [0.1, 0.15) is 50.2 Å². The molecule has 0 aliphatic carbocycles. The van der Waals surface area contributed by atoms with E-state index in [2.05, 4.69) is 31.5 Å². The summed E-state index contributed by atoms with van der Waals surface area (Å²) in [6.45, 7) is 7.39. The molecule has 2 amide bonds. The molecule has 37 heavy (non-hydrogen) atoms. The number of hydrogen-bond acceptors (Lipinski definition) is 6. The molecule has 0 radical (unpaired) electrons. The van der Waals surface area contributed by atoms with Gasteiger partial charge in [0.15, 0.2) is 5.52 Å². The maximum Gasteiger partial charge on any atom is 0.408 e. The molecule has 0 spiro atoms.